The molecule has 0 atom stereocenters. The maximum atomic E-state index is 6.03. The quantitative estimate of drug-likeness (QED) is 0.324. The van der Waals surface area contributed by atoms with Crippen molar-refractivity contribution in [3.63, 3.8) is 0 Å². The standard InChI is InChI=1S/C27H20Cl2N2/c28-24-12-8-20(9-13-24)6-7-22(19-21-10-14-25(29)15-11-21)16-18-30-26-5-1-3-23-4-2-17-31-27(23)26/h1-5,8-15,17,19,30H,16,18H2/b22-19-. The van der Waals surface area contributed by atoms with Crippen LogP contribution < -0.4 is 5.32 Å². The van der Waals surface area contributed by atoms with Gasteiger partial charge in [-0.15, -0.1) is 0 Å². The molecule has 0 aliphatic heterocycles. The van der Waals surface area contributed by atoms with Crippen LogP contribution in [0.15, 0.2) is 90.6 Å². The Morgan fingerprint density at radius 2 is 1.58 bits per heavy atom. The highest BCUT2D eigenvalue weighted by molar-refractivity contribution is 6.30. The Bertz CT molecular complexity index is 1260. The number of rotatable bonds is 5. The predicted octanol–water partition coefficient (Wildman–Crippen LogP) is 7.48. The molecule has 0 bridgehead atoms. The minimum Gasteiger partial charge on any atom is -0.383 e. The third kappa shape index (κ3) is 5.89. The van der Waals surface area contributed by atoms with E-state index in [9.17, 15) is 0 Å². The fourth-order valence-electron chi connectivity index (χ4n) is 3.20. The molecule has 1 heterocycles. The van der Waals surface area contributed by atoms with E-state index >= 15 is 0 Å². The van der Waals surface area contributed by atoms with Gasteiger partial charge in [-0.25, -0.2) is 0 Å². The number of benzene rings is 3. The molecule has 0 amide bonds. The van der Waals surface area contributed by atoms with Crippen LogP contribution in [0, 0.1) is 11.8 Å². The molecule has 0 saturated carbocycles. The Morgan fingerprint density at radius 3 is 2.35 bits per heavy atom. The lowest BCUT2D eigenvalue weighted by atomic mass is 10.1. The summed E-state index contributed by atoms with van der Waals surface area (Å²) in [4.78, 5) is 4.51. The second-order valence-electron chi connectivity index (χ2n) is 7.04. The van der Waals surface area contributed by atoms with Gasteiger partial charge in [-0.05, 0) is 66.6 Å². The maximum Gasteiger partial charge on any atom is 0.0933 e. The van der Waals surface area contributed by atoms with Gasteiger partial charge in [0.1, 0.15) is 0 Å². The lowest BCUT2D eigenvalue weighted by Crippen LogP contribution is -2.03. The minimum absolute atomic E-state index is 0.704. The summed E-state index contributed by atoms with van der Waals surface area (Å²) in [6.07, 6.45) is 4.69. The van der Waals surface area contributed by atoms with Crippen molar-refractivity contribution >= 4 is 45.9 Å². The lowest BCUT2D eigenvalue weighted by Gasteiger charge is -2.09. The number of hydrogen-bond acceptors (Lipinski definition) is 2. The van der Waals surface area contributed by atoms with E-state index in [4.69, 9.17) is 23.2 Å². The van der Waals surface area contributed by atoms with Crippen molar-refractivity contribution in [2.24, 2.45) is 0 Å². The van der Waals surface area contributed by atoms with Crippen LogP contribution in [0.4, 0.5) is 5.69 Å². The molecule has 3 aromatic carbocycles. The number of para-hydroxylation sites is 1. The highest BCUT2D eigenvalue weighted by Gasteiger charge is 2.02. The highest BCUT2D eigenvalue weighted by atomic mass is 35.5. The van der Waals surface area contributed by atoms with Gasteiger partial charge in [0.15, 0.2) is 0 Å². The molecule has 0 spiro atoms. The summed E-state index contributed by atoms with van der Waals surface area (Å²) in [5.41, 5.74) is 5.02. The first-order valence-corrected chi connectivity index (χ1v) is 10.7. The lowest BCUT2D eigenvalue weighted by molar-refractivity contribution is 1.04. The third-order valence-corrected chi connectivity index (χ3v) is 5.27. The van der Waals surface area contributed by atoms with E-state index < -0.39 is 0 Å². The van der Waals surface area contributed by atoms with E-state index in [1.54, 1.807) is 0 Å². The number of anilines is 1. The molecule has 0 aliphatic carbocycles. The predicted molar refractivity (Wildman–Crippen MR) is 133 cm³/mol. The first-order chi connectivity index (χ1) is 15.2. The van der Waals surface area contributed by atoms with Gasteiger partial charge in [-0.1, -0.05) is 65.4 Å². The fourth-order valence-corrected chi connectivity index (χ4v) is 3.45. The summed E-state index contributed by atoms with van der Waals surface area (Å²) in [7, 11) is 0. The van der Waals surface area contributed by atoms with Crippen LogP contribution in [0.1, 0.15) is 17.5 Å². The van der Waals surface area contributed by atoms with Gasteiger partial charge >= 0.3 is 0 Å². The molecule has 1 aromatic heterocycles. The fraction of sp³-hybridized carbons (Fsp3) is 0.0741. The number of nitrogens with zero attached hydrogens (tertiary/aromatic N) is 1. The number of aromatic nitrogens is 1. The van der Waals surface area contributed by atoms with Gasteiger partial charge in [0.25, 0.3) is 0 Å². The number of fused-ring (bicyclic) bond motifs is 1. The molecule has 0 fully saturated rings. The Labute approximate surface area is 192 Å². The zero-order valence-electron chi connectivity index (χ0n) is 16.8. The van der Waals surface area contributed by atoms with Crippen LogP contribution in [-0.4, -0.2) is 11.5 Å². The van der Waals surface area contributed by atoms with Crippen LogP contribution in [0.25, 0.3) is 17.0 Å². The molecule has 4 rings (SSSR count). The summed E-state index contributed by atoms with van der Waals surface area (Å²) in [5, 5.41) is 6.05. The van der Waals surface area contributed by atoms with Gasteiger partial charge in [-0.3, -0.25) is 4.98 Å². The molecule has 4 aromatic rings. The van der Waals surface area contributed by atoms with E-state index in [1.165, 1.54) is 0 Å². The topological polar surface area (TPSA) is 24.9 Å². The van der Waals surface area contributed by atoms with Crippen molar-refractivity contribution in [3.05, 3.63) is 112 Å². The molecule has 0 radical (unpaired) electrons. The zero-order chi connectivity index (χ0) is 21.5. The number of nitrogens with one attached hydrogen (secondary N) is 1. The maximum absolute atomic E-state index is 6.03. The van der Waals surface area contributed by atoms with Gasteiger partial charge in [-0.2, -0.15) is 0 Å². The molecule has 152 valence electrons. The normalized spacial score (nSPS) is 11.1. The van der Waals surface area contributed by atoms with E-state index in [0.717, 1.165) is 51.3 Å². The van der Waals surface area contributed by atoms with Crippen molar-refractivity contribution < 1.29 is 0 Å². The molecule has 2 nitrogen and oxygen atoms in total. The highest BCUT2D eigenvalue weighted by Crippen LogP contribution is 2.21. The van der Waals surface area contributed by atoms with Crippen LogP contribution in [-0.2, 0) is 0 Å². The SMILES string of the molecule is Clc1ccc(C#C/C(=C/c2ccc(Cl)cc2)CCNc2cccc3cccnc23)cc1. The Kier molecular flexibility index (Phi) is 6.89. The second-order valence-corrected chi connectivity index (χ2v) is 7.91. The van der Waals surface area contributed by atoms with Crippen LogP contribution in [0.3, 0.4) is 0 Å². The van der Waals surface area contributed by atoms with Crippen LogP contribution in [0.5, 0.6) is 0 Å². The van der Waals surface area contributed by atoms with Crippen molar-refractivity contribution in [2.45, 2.75) is 6.42 Å². The molecule has 0 aliphatic rings. The molecule has 0 saturated heterocycles. The molecular formula is C27H20Cl2N2. The summed E-state index contributed by atoms with van der Waals surface area (Å²) >= 11 is 12.0. The van der Waals surface area contributed by atoms with Gasteiger partial charge < -0.3 is 5.32 Å². The van der Waals surface area contributed by atoms with Gasteiger partial charge in [0, 0.05) is 39.3 Å². The first kappa shape index (κ1) is 21.0. The number of hydrogen-bond donors (Lipinski definition) is 1. The molecule has 0 unspecified atom stereocenters. The number of pyridine rings is 1. The monoisotopic (exact) mass is 442 g/mol. The second kappa shape index (κ2) is 10.2. The molecular weight excluding hydrogens is 423 g/mol. The largest absolute Gasteiger partial charge is 0.383 e. The van der Waals surface area contributed by atoms with E-state index in [0.29, 0.717) is 5.02 Å². The van der Waals surface area contributed by atoms with E-state index in [2.05, 4.69) is 46.4 Å². The smallest absolute Gasteiger partial charge is 0.0933 e. The van der Waals surface area contributed by atoms with Crippen molar-refractivity contribution in [1.29, 1.82) is 0 Å². The van der Waals surface area contributed by atoms with Crippen molar-refractivity contribution in [2.75, 3.05) is 11.9 Å². The molecule has 1 N–H and O–H groups in total. The first-order valence-electron chi connectivity index (χ1n) is 9.99. The van der Waals surface area contributed by atoms with Crippen LogP contribution >= 0.6 is 23.2 Å². The summed E-state index contributed by atoms with van der Waals surface area (Å²) in [6, 6.07) is 25.5. The summed E-state index contributed by atoms with van der Waals surface area (Å²) in [5.74, 6) is 6.56. The Morgan fingerprint density at radius 1 is 0.871 bits per heavy atom. The van der Waals surface area contributed by atoms with Gasteiger partial charge in [0.05, 0.1) is 11.2 Å². The third-order valence-electron chi connectivity index (χ3n) is 4.77. The Hall–Kier alpha value is -3.25. The average molecular weight is 443 g/mol. The molecule has 31 heavy (non-hydrogen) atoms. The number of halogens is 2. The zero-order valence-corrected chi connectivity index (χ0v) is 18.3. The Balaban J connectivity index is 1.54. The van der Waals surface area contributed by atoms with E-state index in [1.807, 2.05) is 66.9 Å². The average Bonchev–Trinajstić information content (AvgIpc) is 2.80. The van der Waals surface area contributed by atoms with Crippen molar-refractivity contribution in [3.8, 4) is 11.8 Å². The van der Waals surface area contributed by atoms with Crippen LogP contribution in [0.2, 0.25) is 10.0 Å². The summed E-state index contributed by atoms with van der Waals surface area (Å²) < 4.78 is 0. The van der Waals surface area contributed by atoms with Crippen molar-refractivity contribution in [1.82, 2.24) is 4.98 Å². The minimum atomic E-state index is 0.704. The van der Waals surface area contributed by atoms with Gasteiger partial charge in [0.2, 0.25) is 0 Å². The summed E-state index contributed by atoms with van der Waals surface area (Å²) in [6.45, 7) is 0.740. The van der Waals surface area contributed by atoms with E-state index in [-0.39, 0.29) is 0 Å². The molecule has 4 heteroatoms.